The standard InChI is InChI=1S/C14H21NO5S/c1-14(2,3)20-13(17)15-11(9-16)10-21(18,19)12-7-5-4-6-8-12/h4-8,11,16H,9-10H2,1-3H3,(H,15,17). The molecule has 0 saturated carbocycles. The Morgan fingerprint density at radius 2 is 1.86 bits per heavy atom. The van der Waals surface area contributed by atoms with Crippen molar-refractivity contribution >= 4 is 15.9 Å². The van der Waals surface area contributed by atoms with Crippen LogP contribution in [0.1, 0.15) is 20.8 Å². The summed E-state index contributed by atoms with van der Waals surface area (Å²) in [6, 6.07) is 6.95. The summed E-state index contributed by atoms with van der Waals surface area (Å²) >= 11 is 0. The van der Waals surface area contributed by atoms with Crippen molar-refractivity contribution < 1.29 is 23.1 Å². The molecule has 0 heterocycles. The second-order valence-corrected chi connectivity index (χ2v) is 7.65. The van der Waals surface area contributed by atoms with Gasteiger partial charge in [0.1, 0.15) is 5.60 Å². The maximum Gasteiger partial charge on any atom is 0.407 e. The molecule has 1 amide bonds. The Bertz CT molecular complexity index is 563. The number of hydrogen-bond acceptors (Lipinski definition) is 5. The van der Waals surface area contributed by atoms with Gasteiger partial charge < -0.3 is 15.2 Å². The number of aliphatic hydroxyl groups is 1. The molecule has 0 bridgehead atoms. The molecule has 0 radical (unpaired) electrons. The van der Waals surface area contributed by atoms with Crippen molar-refractivity contribution in [3.63, 3.8) is 0 Å². The highest BCUT2D eigenvalue weighted by Crippen LogP contribution is 2.12. The molecule has 2 N–H and O–H groups in total. The van der Waals surface area contributed by atoms with Crippen LogP contribution in [-0.2, 0) is 14.6 Å². The van der Waals surface area contributed by atoms with E-state index in [2.05, 4.69) is 5.32 Å². The van der Waals surface area contributed by atoms with Crippen molar-refractivity contribution in [1.82, 2.24) is 5.32 Å². The number of carbonyl (C=O) groups excluding carboxylic acids is 1. The number of aliphatic hydroxyl groups excluding tert-OH is 1. The van der Waals surface area contributed by atoms with Crippen LogP contribution in [-0.4, -0.2) is 43.6 Å². The van der Waals surface area contributed by atoms with Gasteiger partial charge in [-0.25, -0.2) is 13.2 Å². The van der Waals surface area contributed by atoms with Crippen LogP contribution in [0.5, 0.6) is 0 Å². The van der Waals surface area contributed by atoms with Gasteiger partial charge in [-0.05, 0) is 32.9 Å². The Kier molecular flexibility index (Phi) is 5.74. The Morgan fingerprint density at radius 1 is 1.29 bits per heavy atom. The van der Waals surface area contributed by atoms with Crippen molar-refractivity contribution in [2.45, 2.75) is 37.3 Å². The van der Waals surface area contributed by atoms with E-state index in [1.807, 2.05) is 0 Å². The van der Waals surface area contributed by atoms with Gasteiger partial charge in [-0.1, -0.05) is 18.2 Å². The molecule has 6 nitrogen and oxygen atoms in total. The maximum atomic E-state index is 12.2. The van der Waals surface area contributed by atoms with Gasteiger partial charge in [0.25, 0.3) is 0 Å². The van der Waals surface area contributed by atoms with Gasteiger partial charge in [-0.2, -0.15) is 0 Å². The average molecular weight is 315 g/mol. The van der Waals surface area contributed by atoms with Crippen LogP contribution in [0, 0.1) is 0 Å². The average Bonchev–Trinajstić information content (AvgIpc) is 2.36. The molecule has 0 saturated heterocycles. The van der Waals surface area contributed by atoms with Gasteiger partial charge in [0.05, 0.1) is 23.3 Å². The van der Waals surface area contributed by atoms with Crippen LogP contribution in [0.3, 0.4) is 0 Å². The first kappa shape index (κ1) is 17.5. The molecular weight excluding hydrogens is 294 g/mol. The molecule has 118 valence electrons. The van der Waals surface area contributed by atoms with Crippen LogP contribution in [0.2, 0.25) is 0 Å². The molecule has 0 spiro atoms. The molecule has 1 rings (SSSR count). The lowest BCUT2D eigenvalue weighted by Crippen LogP contribution is -2.44. The van der Waals surface area contributed by atoms with E-state index in [0.29, 0.717) is 0 Å². The number of amides is 1. The van der Waals surface area contributed by atoms with Crippen LogP contribution >= 0.6 is 0 Å². The van der Waals surface area contributed by atoms with E-state index < -0.39 is 39.9 Å². The number of rotatable bonds is 5. The third kappa shape index (κ3) is 6.14. The molecule has 0 aliphatic rings. The number of benzene rings is 1. The largest absolute Gasteiger partial charge is 0.444 e. The Balaban J connectivity index is 2.72. The third-order valence-electron chi connectivity index (χ3n) is 2.46. The van der Waals surface area contributed by atoms with Crippen molar-refractivity contribution in [2.75, 3.05) is 12.4 Å². The highest BCUT2D eigenvalue weighted by atomic mass is 32.2. The minimum absolute atomic E-state index is 0.148. The van der Waals surface area contributed by atoms with E-state index >= 15 is 0 Å². The van der Waals surface area contributed by atoms with Crippen LogP contribution in [0.15, 0.2) is 35.2 Å². The molecule has 1 atom stereocenters. The minimum atomic E-state index is -3.59. The SMILES string of the molecule is CC(C)(C)OC(=O)NC(CO)CS(=O)(=O)c1ccccc1. The van der Waals surface area contributed by atoms with E-state index in [4.69, 9.17) is 4.74 Å². The monoisotopic (exact) mass is 315 g/mol. The van der Waals surface area contributed by atoms with Gasteiger partial charge >= 0.3 is 6.09 Å². The van der Waals surface area contributed by atoms with Gasteiger partial charge in [0.2, 0.25) is 0 Å². The first-order valence-electron chi connectivity index (χ1n) is 6.52. The third-order valence-corrected chi connectivity index (χ3v) is 4.30. The predicted molar refractivity (Wildman–Crippen MR) is 78.7 cm³/mol. The molecule has 1 unspecified atom stereocenters. The van der Waals surface area contributed by atoms with Gasteiger partial charge in [0, 0.05) is 0 Å². The van der Waals surface area contributed by atoms with E-state index in [0.717, 1.165) is 0 Å². The number of alkyl carbamates (subject to hydrolysis) is 1. The van der Waals surface area contributed by atoms with E-state index in [-0.39, 0.29) is 4.90 Å². The maximum absolute atomic E-state index is 12.2. The van der Waals surface area contributed by atoms with Gasteiger partial charge in [0.15, 0.2) is 9.84 Å². The Labute approximate surface area is 125 Å². The molecule has 7 heteroatoms. The fraction of sp³-hybridized carbons (Fsp3) is 0.500. The zero-order valence-electron chi connectivity index (χ0n) is 12.4. The smallest absolute Gasteiger partial charge is 0.407 e. The summed E-state index contributed by atoms with van der Waals surface area (Å²) in [5.41, 5.74) is -0.692. The molecule has 1 aromatic carbocycles. The fourth-order valence-electron chi connectivity index (χ4n) is 1.60. The second kappa shape index (κ2) is 6.91. The van der Waals surface area contributed by atoms with Crippen molar-refractivity contribution in [1.29, 1.82) is 0 Å². The minimum Gasteiger partial charge on any atom is -0.444 e. The summed E-state index contributed by atoms with van der Waals surface area (Å²) in [7, 11) is -3.59. The van der Waals surface area contributed by atoms with Crippen molar-refractivity contribution in [2.24, 2.45) is 0 Å². The highest BCUT2D eigenvalue weighted by Gasteiger charge is 2.24. The molecule has 1 aromatic rings. The highest BCUT2D eigenvalue weighted by molar-refractivity contribution is 7.91. The van der Waals surface area contributed by atoms with Crippen LogP contribution < -0.4 is 5.32 Å². The topological polar surface area (TPSA) is 92.7 Å². The summed E-state index contributed by atoms with van der Waals surface area (Å²) in [6.45, 7) is 4.59. The Morgan fingerprint density at radius 3 is 2.33 bits per heavy atom. The summed E-state index contributed by atoms with van der Waals surface area (Å²) in [5, 5.41) is 11.6. The zero-order valence-corrected chi connectivity index (χ0v) is 13.2. The summed E-state index contributed by atoms with van der Waals surface area (Å²) < 4.78 is 29.4. The molecular formula is C14H21NO5S. The number of hydrogen-bond donors (Lipinski definition) is 2. The van der Waals surface area contributed by atoms with Crippen LogP contribution in [0.25, 0.3) is 0 Å². The second-order valence-electron chi connectivity index (χ2n) is 5.62. The zero-order chi connectivity index (χ0) is 16.1. The summed E-state index contributed by atoms with van der Waals surface area (Å²) in [5.74, 6) is -0.396. The fourth-order valence-corrected chi connectivity index (χ4v) is 3.09. The first-order valence-corrected chi connectivity index (χ1v) is 8.17. The quantitative estimate of drug-likeness (QED) is 0.855. The molecule has 0 aliphatic carbocycles. The van der Waals surface area contributed by atoms with Gasteiger partial charge in [-0.15, -0.1) is 0 Å². The predicted octanol–water partition coefficient (Wildman–Crippen LogP) is 1.35. The first-order chi connectivity index (χ1) is 9.64. The van der Waals surface area contributed by atoms with Crippen LogP contribution in [0.4, 0.5) is 4.79 Å². The molecule has 0 aliphatic heterocycles. The number of nitrogens with one attached hydrogen (secondary N) is 1. The van der Waals surface area contributed by atoms with Crippen molar-refractivity contribution in [3.8, 4) is 0 Å². The summed E-state index contributed by atoms with van der Waals surface area (Å²) in [4.78, 5) is 11.8. The molecule has 0 aromatic heterocycles. The van der Waals surface area contributed by atoms with Gasteiger partial charge in [-0.3, -0.25) is 0 Å². The van der Waals surface area contributed by atoms with E-state index in [1.54, 1.807) is 39.0 Å². The molecule has 0 fully saturated rings. The number of sulfone groups is 1. The molecule has 21 heavy (non-hydrogen) atoms. The van der Waals surface area contributed by atoms with E-state index in [9.17, 15) is 18.3 Å². The lowest BCUT2D eigenvalue weighted by atomic mass is 10.2. The van der Waals surface area contributed by atoms with E-state index in [1.165, 1.54) is 12.1 Å². The normalized spacial score (nSPS) is 13.5. The lowest BCUT2D eigenvalue weighted by Gasteiger charge is -2.22. The number of carbonyl (C=O) groups is 1. The number of ether oxygens (including phenoxy) is 1. The lowest BCUT2D eigenvalue weighted by molar-refractivity contribution is 0.0490. The summed E-state index contributed by atoms with van der Waals surface area (Å²) in [6.07, 6.45) is -0.759. The van der Waals surface area contributed by atoms with Crippen molar-refractivity contribution in [3.05, 3.63) is 30.3 Å². The Hall–Kier alpha value is -1.60.